The number of benzene rings is 3. The molecule has 0 aliphatic heterocycles. The molecule has 0 saturated heterocycles. The zero-order valence-electron chi connectivity index (χ0n) is 16.4. The molecule has 0 radical (unpaired) electrons. The molecule has 0 atom stereocenters. The Morgan fingerprint density at radius 2 is 1.17 bits per heavy atom. The van der Waals surface area contributed by atoms with Gasteiger partial charge in [0.05, 0.1) is 7.11 Å². The number of hydrogen-bond acceptors (Lipinski definition) is 3. The van der Waals surface area contributed by atoms with Crippen molar-refractivity contribution in [2.24, 2.45) is 0 Å². The van der Waals surface area contributed by atoms with E-state index < -0.39 is 0 Å². The van der Waals surface area contributed by atoms with E-state index in [1.54, 1.807) is 7.11 Å². The SMILES string of the molecule is COc1ccc(Cc2ccc(Cc3ccc(Oc4ccccc4)cc3)nc2)cc1. The summed E-state index contributed by atoms with van der Waals surface area (Å²) in [6, 6.07) is 30.4. The third-order valence-corrected chi connectivity index (χ3v) is 4.74. The van der Waals surface area contributed by atoms with Gasteiger partial charge in [-0.15, -0.1) is 0 Å². The summed E-state index contributed by atoms with van der Waals surface area (Å²) in [6.45, 7) is 0. The third-order valence-electron chi connectivity index (χ3n) is 4.74. The molecular weight excluding hydrogens is 358 g/mol. The van der Waals surface area contributed by atoms with Gasteiger partial charge in [-0.3, -0.25) is 4.98 Å². The van der Waals surface area contributed by atoms with Crippen molar-refractivity contribution in [1.82, 2.24) is 4.98 Å². The summed E-state index contributed by atoms with van der Waals surface area (Å²) >= 11 is 0. The smallest absolute Gasteiger partial charge is 0.127 e. The second kappa shape index (κ2) is 9.07. The van der Waals surface area contributed by atoms with E-state index in [0.717, 1.165) is 35.8 Å². The predicted octanol–water partition coefficient (Wildman–Crippen LogP) is 6.06. The second-order valence-electron chi connectivity index (χ2n) is 6.92. The van der Waals surface area contributed by atoms with Crippen molar-refractivity contribution in [2.45, 2.75) is 12.8 Å². The normalized spacial score (nSPS) is 10.5. The van der Waals surface area contributed by atoms with Crippen LogP contribution in [0.1, 0.15) is 22.4 Å². The number of para-hydroxylation sites is 1. The number of methoxy groups -OCH3 is 1. The molecule has 0 bridgehead atoms. The lowest BCUT2D eigenvalue weighted by Crippen LogP contribution is -1.95. The molecule has 0 spiro atoms. The maximum Gasteiger partial charge on any atom is 0.127 e. The summed E-state index contributed by atoms with van der Waals surface area (Å²) in [5, 5.41) is 0. The van der Waals surface area contributed by atoms with Crippen LogP contribution >= 0.6 is 0 Å². The van der Waals surface area contributed by atoms with Crippen LogP contribution < -0.4 is 9.47 Å². The van der Waals surface area contributed by atoms with Crippen LogP contribution in [0.25, 0.3) is 0 Å². The highest BCUT2D eigenvalue weighted by atomic mass is 16.5. The molecule has 0 fully saturated rings. The molecule has 0 aliphatic carbocycles. The Balaban J connectivity index is 1.35. The van der Waals surface area contributed by atoms with E-state index in [2.05, 4.69) is 41.4 Å². The summed E-state index contributed by atoms with van der Waals surface area (Å²) in [6.07, 6.45) is 3.63. The number of rotatable bonds is 7. The maximum absolute atomic E-state index is 5.85. The van der Waals surface area contributed by atoms with Crippen LogP contribution in [0.5, 0.6) is 17.2 Å². The monoisotopic (exact) mass is 381 g/mol. The molecule has 1 heterocycles. The Kier molecular flexibility index (Phi) is 5.87. The summed E-state index contributed by atoms with van der Waals surface area (Å²) in [4.78, 5) is 4.64. The van der Waals surface area contributed by atoms with Crippen LogP contribution in [0, 0.1) is 0 Å². The van der Waals surface area contributed by atoms with Gasteiger partial charge in [-0.05, 0) is 65.6 Å². The quantitative estimate of drug-likeness (QED) is 0.390. The fourth-order valence-corrected chi connectivity index (χ4v) is 3.15. The van der Waals surface area contributed by atoms with Gasteiger partial charge >= 0.3 is 0 Å². The van der Waals surface area contributed by atoms with Gasteiger partial charge in [0.15, 0.2) is 0 Å². The van der Waals surface area contributed by atoms with Crippen LogP contribution in [-0.4, -0.2) is 12.1 Å². The summed E-state index contributed by atoms with van der Waals surface area (Å²) < 4.78 is 11.1. The lowest BCUT2D eigenvalue weighted by atomic mass is 10.0. The Labute approximate surface area is 171 Å². The van der Waals surface area contributed by atoms with E-state index >= 15 is 0 Å². The van der Waals surface area contributed by atoms with E-state index in [0.29, 0.717) is 0 Å². The third kappa shape index (κ3) is 5.23. The number of ether oxygens (including phenoxy) is 2. The number of aromatic nitrogens is 1. The van der Waals surface area contributed by atoms with Crippen molar-refractivity contribution in [1.29, 1.82) is 0 Å². The van der Waals surface area contributed by atoms with E-state index in [1.807, 2.05) is 60.8 Å². The fraction of sp³-hybridized carbons (Fsp3) is 0.115. The highest BCUT2D eigenvalue weighted by Crippen LogP contribution is 2.22. The van der Waals surface area contributed by atoms with E-state index in [9.17, 15) is 0 Å². The molecular formula is C26H23NO2. The molecule has 3 heteroatoms. The van der Waals surface area contributed by atoms with Crippen LogP contribution in [0.4, 0.5) is 0 Å². The van der Waals surface area contributed by atoms with Gasteiger partial charge in [0.2, 0.25) is 0 Å². The van der Waals surface area contributed by atoms with E-state index in [-0.39, 0.29) is 0 Å². The Bertz CT molecular complexity index is 1020. The second-order valence-corrected chi connectivity index (χ2v) is 6.92. The molecule has 0 unspecified atom stereocenters. The molecule has 0 aliphatic rings. The first-order valence-electron chi connectivity index (χ1n) is 9.67. The fourth-order valence-electron chi connectivity index (χ4n) is 3.15. The molecule has 1 aromatic heterocycles. The Hall–Kier alpha value is -3.59. The zero-order chi connectivity index (χ0) is 19.9. The molecule has 4 rings (SSSR count). The van der Waals surface area contributed by atoms with Crippen LogP contribution in [0.2, 0.25) is 0 Å². The zero-order valence-corrected chi connectivity index (χ0v) is 16.4. The topological polar surface area (TPSA) is 31.4 Å². The van der Waals surface area contributed by atoms with Crippen LogP contribution in [0.3, 0.4) is 0 Å². The van der Waals surface area contributed by atoms with Crippen molar-refractivity contribution >= 4 is 0 Å². The van der Waals surface area contributed by atoms with Crippen molar-refractivity contribution in [2.75, 3.05) is 7.11 Å². The van der Waals surface area contributed by atoms with Crippen molar-refractivity contribution in [3.8, 4) is 17.2 Å². The highest BCUT2D eigenvalue weighted by molar-refractivity contribution is 5.35. The summed E-state index contributed by atoms with van der Waals surface area (Å²) in [5.41, 5.74) is 4.71. The summed E-state index contributed by atoms with van der Waals surface area (Å²) in [7, 11) is 1.68. The minimum absolute atomic E-state index is 0.800. The minimum atomic E-state index is 0.800. The van der Waals surface area contributed by atoms with Gasteiger partial charge in [0.25, 0.3) is 0 Å². The number of nitrogens with zero attached hydrogens (tertiary/aromatic N) is 1. The van der Waals surface area contributed by atoms with Crippen molar-refractivity contribution < 1.29 is 9.47 Å². The average molecular weight is 381 g/mol. The number of pyridine rings is 1. The van der Waals surface area contributed by atoms with Gasteiger partial charge in [0.1, 0.15) is 17.2 Å². The van der Waals surface area contributed by atoms with Gasteiger partial charge in [-0.2, -0.15) is 0 Å². The van der Waals surface area contributed by atoms with Crippen LogP contribution in [0.15, 0.2) is 97.2 Å². The van der Waals surface area contributed by atoms with Crippen molar-refractivity contribution in [3.63, 3.8) is 0 Å². The highest BCUT2D eigenvalue weighted by Gasteiger charge is 2.02. The molecule has 0 saturated carbocycles. The molecule has 29 heavy (non-hydrogen) atoms. The van der Waals surface area contributed by atoms with Gasteiger partial charge in [-0.1, -0.05) is 48.5 Å². The van der Waals surface area contributed by atoms with E-state index in [4.69, 9.17) is 9.47 Å². The molecule has 4 aromatic rings. The largest absolute Gasteiger partial charge is 0.497 e. The van der Waals surface area contributed by atoms with Gasteiger partial charge in [0, 0.05) is 18.3 Å². The Morgan fingerprint density at radius 3 is 1.79 bits per heavy atom. The predicted molar refractivity (Wildman–Crippen MR) is 116 cm³/mol. The molecule has 0 N–H and O–H groups in total. The van der Waals surface area contributed by atoms with Gasteiger partial charge < -0.3 is 9.47 Å². The van der Waals surface area contributed by atoms with Gasteiger partial charge in [-0.25, -0.2) is 0 Å². The summed E-state index contributed by atoms with van der Waals surface area (Å²) in [5.74, 6) is 2.56. The first-order chi connectivity index (χ1) is 14.3. The minimum Gasteiger partial charge on any atom is -0.497 e. The lowest BCUT2D eigenvalue weighted by Gasteiger charge is -2.07. The molecule has 3 nitrogen and oxygen atoms in total. The molecule has 3 aromatic carbocycles. The van der Waals surface area contributed by atoms with E-state index in [1.165, 1.54) is 16.7 Å². The molecule has 144 valence electrons. The van der Waals surface area contributed by atoms with Crippen molar-refractivity contribution in [3.05, 3.63) is 120 Å². The molecule has 0 amide bonds. The number of hydrogen-bond donors (Lipinski definition) is 0. The maximum atomic E-state index is 5.85. The average Bonchev–Trinajstić information content (AvgIpc) is 2.78. The van der Waals surface area contributed by atoms with Crippen LogP contribution in [-0.2, 0) is 12.8 Å². The first-order valence-corrected chi connectivity index (χ1v) is 9.67. The standard InChI is InChI=1S/C26H23NO2/c1-28-24-13-8-20(9-14-24)17-22-7-12-23(27-19-22)18-21-10-15-26(16-11-21)29-25-5-3-2-4-6-25/h2-16,19H,17-18H2,1H3. The Morgan fingerprint density at radius 1 is 0.586 bits per heavy atom. The first kappa shape index (κ1) is 18.8. The lowest BCUT2D eigenvalue weighted by molar-refractivity contribution is 0.414.